The van der Waals surface area contributed by atoms with E-state index in [0.29, 0.717) is 23.9 Å². The summed E-state index contributed by atoms with van der Waals surface area (Å²) < 4.78 is 20.2. The Labute approximate surface area is 126 Å². The molecule has 4 heteroatoms. The fraction of sp³-hybridized carbons (Fsp3) is 0.250. The molecule has 20 heavy (non-hydrogen) atoms. The van der Waals surface area contributed by atoms with Crippen LogP contribution in [0.1, 0.15) is 17.5 Å². The van der Waals surface area contributed by atoms with Gasteiger partial charge < -0.3 is 9.84 Å². The highest BCUT2D eigenvalue weighted by Gasteiger charge is 2.11. The van der Waals surface area contributed by atoms with Gasteiger partial charge in [0.15, 0.2) is 11.6 Å². The van der Waals surface area contributed by atoms with Crippen LogP contribution < -0.4 is 4.74 Å². The Bertz CT molecular complexity index is 535. The molecule has 0 radical (unpaired) electrons. The lowest BCUT2D eigenvalue weighted by atomic mass is 10.1. The highest BCUT2D eigenvalue weighted by Crippen LogP contribution is 2.30. The zero-order chi connectivity index (χ0) is 14.4. The van der Waals surface area contributed by atoms with E-state index in [1.807, 2.05) is 36.4 Å². The fourth-order valence-corrected chi connectivity index (χ4v) is 2.51. The van der Waals surface area contributed by atoms with Crippen molar-refractivity contribution < 1.29 is 14.2 Å². The summed E-state index contributed by atoms with van der Waals surface area (Å²) in [6, 6.07) is 12.9. The Morgan fingerprint density at radius 2 is 1.85 bits per heavy atom. The van der Waals surface area contributed by atoms with Crippen LogP contribution in [0.3, 0.4) is 0 Å². The molecule has 2 rings (SSSR count). The molecular formula is C16H16BrFO2. The number of hydrogen-bond acceptors (Lipinski definition) is 2. The zero-order valence-corrected chi connectivity index (χ0v) is 12.6. The van der Waals surface area contributed by atoms with Gasteiger partial charge in [0.2, 0.25) is 0 Å². The number of aliphatic hydroxyl groups excluding tert-OH is 1. The minimum atomic E-state index is -0.386. The lowest BCUT2D eigenvalue weighted by Gasteiger charge is -2.11. The molecule has 106 valence electrons. The van der Waals surface area contributed by atoms with E-state index in [4.69, 9.17) is 9.84 Å². The first-order valence-electron chi connectivity index (χ1n) is 6.46. The van der Waals surface area contributed by atoms with Crippen LogP contribution in [-0.2, 0) is 13.0 Å². The molecule has 0 aromatic heterocycles. The molecule has 0 fully saturated rings. The Morgan fingerprint density at radius 1 is 1.10 bits per heavy atom. The van der Waals surface area contributed by atoms with Crippen LogP contribution in [0, 0.1) is 5.82 Å². The summed E-state index contributed by atoms with van der Waals surface area (Å²) in [6.07, 6.45) is 1.26. The van der Waals surface area contributed by atoms with Crippen molar-refractivity contribution in [1.29, 1.82) is 0 Å². The predicted octanol–water partition coefficient (Wildman–Crippen LogP) is 4.09. The van der Waals surface area contributed by atoms with E-state index in [9.17, 15) is 4.39 Å². The van der Waals surface area contributed by atoms with E-state index in [1.165, 1.54) is 6.07 Å². The number of hydrogen-bond donors (Lipinski definition) is 1. The minimum Gasteiger partial charge on any atom is -0.485 e. The van der Waals surface area contributed by atoms with Crippen molar-refractivity contribution in [2.24, 2.45) is 0 Å². The van der Waals surface area contributed by atoms with Crippen LogP contribution >= 0.6 is 15.9 Å². The van der Waals surface area contributed by atoms with Crippen molar-refractivity contribution in [3.63, 3.8) is 0 Å². The first kappa shape index (κ1) is 15.0. The molecule has 0 aliphatic carbocycles. The van der Waals surface area contributed by atoms with Gasteiger partial charge in [-0.15, -0.1) is 0 Å². The maximum absolute atomic E-state index is 14.0. The third-order valence-electron chi connectivity index (χ3n) is 2.91. The molecule has 0 aliphatic heterocycles. The van der Waals surface area contributed by atoms with E-state index in [0.717, 1.165) is 11.1 Å². The van der Waals surface area contributed by atoms with Crippen LogP contribution in [0.4, 0.5) is 4.39 Å². The number of aryl methyl sites for hydroxylation is 1. The van der Waals surface area contributed by atoms with Crippen LogP contribution in [0.25, 0.3) is 0 Å². The Hall–Kier alpha value is -1.39. The molecule has 0 amide bonds. The molecule has 0 unspecified atom stereocenters. The maximum Gasteiger partial charge on any atom is 0.169 e. The summed E-state index contributed by atoms with van der Waals surface area (Å²) in [6.45, 7) is 0.428. The van der Waals surface area contributed by atoms with Gasteiger partial charge in [0.05, 0.1) is 4.47 Å². The molecule has 0 saturated heterocycles. The van der Waals surface area contributed by atoms with Crippen molar-refractivity contribution in [1.82, 2.24) is 0 Å². The molecule has 1 N–H and O–H groups in total. The SMILES string of the molecule is OCCCc1cc(F)c(OCc2ccccc2)c(Br)c1. The van der Waals surface area contributed by atoms with Crippen molar-refractivity contribution in [3.05, 3.63) is 63.9 Å². The summed E-state index contributed by atoms with van der Waals surface area (Å²) >= 11 is 3.34. The molecule has 0 bridgehead atoms. The van der Waals surface area contributed by atoms with Crippen LogP contribution in [0.15, 0.2) is 46.9 Å². The third kappa shape index (κ3) is 4.05. The molecular weight excluding hydrogens is 323 g/mol. The van der Waals surface area contributed by atoms with Crippen molar-refractivity contribution in [2.75, 3.05) is 6.61 Å². The molecule has 2 nitrogen and oxygen atoms in total. The first-order valence-corrected chi connectivity index (χ1v) is 7.25. The van der Waals surface area contributed by atoms with E-state index in [2.05, 4.69) is 15.9 Å². The minimum absolute atomic E-state index is 0.103. The normalized spacial score (nSPS) is 10.6. The highest BCUT2D eigenvalue weighted by atomic mass is 79.9. The largest absolute Gasteiger partial charge is 0.485 e. The van der Waals surface area contributed by atoms with Crippen molar-refractivity contribution in [2.45, 2.75) is 19.4 Å². The second-order valence-corrected chi connectivity index (χ2v) is 5.34. The molecule has 0 atom stereocenters. The van der Waals surface area contributed by atoms with E-state index in [-0.39, 0.29) is 18.2 Å². The Kier molecular flexibility index (Phi) is 5.56. The molecule has 2 aromatic rings. The lowest BCUT2D eigenvalue weighted by molar-refractivity contribution is 0.285. The van der Waals surface area contributed by atoms with E-state index >= 15 is 0 Å². The Balaban J connectivity index is 2.08. The van der Waals surface area contributed by atoms with Gasteiger partial charge in [0, 0.05) is 6.61 Å². The maximum atomic E-state index is 14.0. The molecule has 0 saturated carbocycles. The monoisotopic (exact) mass is 338 g/mol. The third-order valence-corrected chi connectivity index (χ3v) is 3.50. The van der Waals surface area contributed by atoms with Crippen LogP contribution in [0.5, 0.6) is 5.75 Å². The van der Waals surface area contributed by atoms with Gasteiger partial charge in [0.1, 0.15) is 6.61 Å². The van der Waals surface area contributed by atoms with E-state index in [1.54, 1.807) is 0 Å². The number of ether oxygens (including phenoxy) is 1. The highest BCUT2D eigenvalue weighted by molar-refractivity contribution is 9.10. The standard InChI is InChI=1S/C16H16BrFO2/c17-14-9-13(7-4-8-19)10-15(18)16(14)20-11-12-5-2-1-3-6-12/h1-3,5-6,9-10,19H,4,7-8,11H2. The van der Waals surface area contributed by atoms with Gasteiger partial charge in [-0.05, 0) is 52.0 Å². The summed E-state index contributed by atoms with van der Waals surface area (Å²) in [5.74, 6) is -0.162. The number of aliphatic hydroxyl groups is 1. The molecule has 0 aliphatic rings. The molecule has 0 heterocycles. The lowest BCUT2D eigenvalue weighted by Crippen LogP contribution is -2.00. The van der Waals surface area contributed by atoms with Gasteiger partial charge in [-0.3, -0.25) is 0 Å². The number of rotatable bonds is 6. The first-order chi connectivity index (χ1) is 9.70. The summed E-state index contributed by atoms with van der Waals surface area (Å²) in [5.41, 5.74) is 1.83. The van der Waals surface area contributed by atoms with Gasteiger partial charge in [-0.2, -0.15) is 0 Å². The Morgan fingerprint density at radius 3 is 2.50 bits per heavy atom. The second-order valence-electron chi connectivity index (χ2n) is 4.49. The zero-order valence-electron chi connectivity index (χ0n) is 11.0. The average molecular weight is 339 g/mol. The summed E-state index contributed by atoms with van der Waals surface area (Å²) in [7, 11) is 0. The molecule has 2 aromatic carbocycles. The average Bonchev–Trinajstić information content (AvgIpc) is 2.45. The topological polar surface area (TPSA) is 29.5 Å². The number of halogens is 2. The summed E-state index contributed by atoms with van der Waals surface area (Å²) in [4.78, 5) is 0. The number of benzene rings is 2. The summed E-state index contributed by atoms with van der Waals surface area (Å²) in [5, 5.41) is 8.80. The fourth-order valence-electron chi connectivity index (χ4n) is 1.91. The smallest absolute Gasteiger partial charge is 0.169 e. The van der Waals surface area contributed by atoms with Crippen molar-refractivity contribution in [3.8, 4) is 5.75 Å². The van der Waals surface area contributed by atoms with Gasteiger partial charge >= 0.3 is 0 Å². The van der Waals surface area contributed by atoms with Gasteiger partial charge in [-0.25, -0.2) is 4.39 Å². The van der Waals surface area contributed by atoms with Crippen molar-refractivity contribution >= 4 is 15.9 Å². The second kappa shape index (κ2) is 7.41. The molecule has 0 spiro atoms. The van der Waals surface area contributed by atoms with Crippen LogP contribution in [-0.4, -0.2) is 11.7 Å². The predicted molar refractivity (Wildman–Crippen MR) is 80.3 cm³/mol. The van der Waals surface area contributed by atoms with Gasteiger partial charge in [0.25, 0.3) is 0 Å². The van der Waals surface area contributed by atoms with Crippen LogP contribution in [0.2, 0.25) is 0 Å². The van der Waals surface area contributed by atoms with Gasteiger partial charge in [-0.1, -0.05) is 30.3 Å². The quantitative estimate of drug-likeness (QED) is 0.859. The van der Waals surface area contributed by atoms with E-state index < -0.39 is 0 Å².